The maximum atomic E-state index is 13.2. The van der Waals surface area contributed by atoms with Crippen LogP contribution in [0.1, 0.15) is 11.3 Å². The highest BCUT2D eigenvalue weighted by atomic mass is 19.1. The fraction of sp³-hybridized carbons (Fsp3) is 0.0952. The van der Waals surface area contributed by atoms with Gasteiger partial charge in [0.05, 0.1) is 24.0 Å². The SMILES string of the molecule is COc1ccccc1Cc1ncnc2ccc(-c3ccc(F)cc3)nc12. The van der Waals surface area contributed by atoms with E-state index < -0.39 is 0 Å². The molecule has 128 valence electrons. The van der Waals surface area contributed by atoms with E-state index in [1.165, 1.54) is 12.1 Å². The highest BCUT2D eigenvalue weighted by molar-refractivity contribution is 5.80. The van der Waals surface area contributed by atoms with Crippen LogP contribution >= 0.6 is 0 Å². The van der Waals surface area contributed by atoms with Crippen LogP contribution in [0, 0.1) is 5.82 Å². The molecule has 2 aromatic heterocycles. The van der Waals surface area contributed by atoms with Gasteiger partial charge in [0.25, 0.3) is 0 Å². The topological polar surface area (TPSA) is 47.9 Å². The molecule has 5 heteroatoms. The molecule has 0 N–H and O–H groups in total. The molecule has 0 aliphatic carbocycles. The van der Waals surface area contributed by atoms with Gasteiger partial charge in [0, 0.05) is 17.5 Å². The Morgan fingerprint density at radius 1 is 0.923 bits per heavy atom. The third kappa shape index (κ3) is 3.11. The van der Waals surface area contributed by atoms with Crippen LogP contribution in [0.25, 0.3) is 22.3 Å². The summed E-state index contributed by atoms with van der Waals surface area (Å²) in [6.07, 6.45) is 2.13. The molecule has 0 saturated carbocycles. The second-order valence-electron chi connectivity index (χ2n) is 5.88. The molecule has 26 heavy (non-hydrogen) atoms. The van der Waals surface area contributed by atoms with E-state index in [1.54, 1.807) is 25.6 Å². The van der Waals surface area contributed by atoms with E-state index in [4.69, 9.17) is 9.72 Å². The summed E-state index contributed by atoms with van der Waals surface area (Å²) in [5.41, 5.74) is 4.97. The van der Waals surface area contributed by atoms with Crippen molar-refractivity contribution >= 4 is 11.0 Å². The minimum absolute atomic E-state index is 0.269. The minimum atomic E-state index is -0.269. The lowest BCUT2D eigenvalue weighted by Gasteiger charge is -2.10. The number of methoxy groups -OCH3 is 1. The third-order valence-electron chi connectivity index (χ3n) is 4.25. The Kier molecular flexibility index (Phi) is 4.27. The van der Waals surface area contributed by atoms with Gasteiger partial charge in [-0.25, -0.2) is 19.3 Å². The zero-order chi connectivity index (χ0) is 17.9. The van der Waals surface area contributed by atoms with Gasteiger partial charge in [-0.1, -0.05) is 18.2 Å². The van der Waals surface area contributed by atoms with Crippen LogP contribution in [-0.2, 0) is 6.42 Å². The van der Waals surface area contributed by atoms with E-state index >= 15 is 0 Å². The van der Waals surface area contributed by atoms with E-state index in [0.717, 1.165) is 39.3 Å². The van der Waals surface area contributed by atoms with Crippen LogP contribution in [0.3, 0.4) is 0 Å². The lowest BCUT2D eigenvalue weighted by molar-refractivity contribution is 0.410. The molecule has 2 aromatic carbocycles. The number of rotatable bonds is 4. The lowest BCUT2D eigenvalue weighted by Crippen LogP contribution is -2.00. The molecule has 4 nitrogen and oxygen atoms in total. The smallest absolute Gasteiger partial charge is 0.123 e. The molecule has 0 saturated heterocycles. The first kappa shape index (κ1) is 16.1. The van der Waals surface area contributed by atoms with Crippen molar-refractivity contribution in [2.24, 2.45) is 0 Å². The quantitative estimate of drug-likeness (QED) is 0.549. The molecule has 0 unspecified atom stereocenters. The Labute approximate surface area is 150 Å². The van der Waals surface area contributed by atoms with Crippen LogP contribution in [0.2, 0.25) is 0 Å². The molecular weight excluding hydrogens is 329 g/mol. The first-order chi connectivity index (χ1) is 12.7. The number of benzene rings is 2. The number of fused-ring (bicyclic) bond motifs is 1. The number of ether oxygens (including phenoxy) is 1. The van der Waals surface area contributed by atoms with Crippen molar-refractivity contribution in [3.63, 3.8) is 0 Å². The van der Waals surface area contributed by atoms with Gasteiger partial charge in [0.15, 0.2) is 0 Å². The van der Waals surface area contributed by atoms with Crippen LogP contribution in [0.5, 0.6) is 5.75 Å². The van der Waals surface area contributed by atoms with Gasteiger partial charge in [-0.05, 0) is 42.5 Å². The van der Waals surface area contributed by atoms with Crippen molar-refractivity contribution in [3.8, 4) is 17.0 Å². The average Bonchev–Trinajstić information content (AvgIpc) is 2.69. The standard InChI is InChI=1S/C21H16FN3O/c1-26-20-5-3-2-4-15(20)12-19-21-18(23-13-24-19)11-10-17(25-21)14-6-8-16(22)9-7-14/h2-11,13H,12H2,1H3. The molecular formula is C21H16FN3O. The van der Waals surface area contributed by atoms with Crippen molar-refractivity contribution in [2.75, 3.05) is 7.11 Å². The highest BCUT2D eigenvalue weighted by Crippen LogP contribution is 2.25. The molecule has 0 aliphatic rings. The number of aromatic nitrogens is 3. The van der Waals surface area contributed by atoms with Gasteiger partial charge < -0.3 is 4.74 Å². The highest BCUT2D eigenvalue weighted by Gasteiger charge is 2.11. The van der Waals surface area contributed by atoms with Crippen molar-refractivity contribution in [1.82, 2.24) is 15.0 Å². The molecule has 0 aliphatic heterocycles. The number of para-hydroxylation sites is 1. The van der Waals surface area contributed by atoms with Crippen LogP contribution in [0.15, 0.2) is 67.0 Å². The van der Waals surface area contributed by atoms with Gasteiger partial charge >= 0.3 is 0 Å². The minimum Gasteiger partial charge on any atom is -0.496 e. The van der Waals surface area contributed by atoms with E-state index in [2.05, 4.69) is 9.97 Å². The van der Waals surface area contributed by atoms with E-state index in [-0.39, 0.29) is 5.82 Å². The van der Waals surface area contributed by atoms with Crippen LogP contribution < -0.4 is 4.74 Å². The van der Waals surface area contributed by atoms with Crippen LogP contribution in [-0.4, -0.2) is 22.1 Å². The second kappa shape index (κ2) is 6.88. The fourth-order valence-electron chi connectivity index (χ4n) is 2.93. The molecule has 0 atom stereocenters. The zero-order valence-corrected chi connectivity index (χ0v) is 14.2. The number of pyridine rings is 1. The first-order valence-electron chi connectivity index (χ1n) is 8.23. The third-order valence-corrected chi connectivity index (χ3v) is 4.25. The van der Waals surface area contributed by atoms with Crippen molar-refractivity contribution in [2.45, 2.75) is 6.42 Å². The summed E-state index contributed by atoms with van der Waals surface area (Å²) in [6.45, 7) is 0. The van der Waals surface area contributed by atoms with Crippen molar-refractivity contribution < 1.29 is 9.13 Å². The van der Waals surface area contributed by atoms with Crippen LogP contribution in [0.4, 0.5) is 4.39 Å². The summed E-state index contributed by atoms with van der Waals surface area (Å²) in [4.78, 5) is 13.5. The summed E-state index contributed by atoms with van der Waals surface area (Å²) in [7, 11) is 1.65. The Morgan fingerprint density at radius 2 is 1.73 bits per heavy atom. The molecule has 0 radical (unpaired) electrons. The molecule has 4 aromatic rings. The summed E-state index contributed by atoms with van der Waals surface area (Å²) in [5, 5.41) is 0. The summed E-state index contributed by atoms with van der Waals surface area (Å²) < 4.78 is 18.6. The number of hydrogen-bond donors (Lipinski definition) is 0. The number of hydrogen-bond acceptors (Lipinski definition) is 4. The lowest BCUT2D eigenvalue weighted by atomic mass is 10.1. The van der Waals surface area contributed by atoms with Gasteiger partial charge in [0.1, 0.15) is 23.4 Å². The summed E-state index contributed by atoms with van der Waals surface area (Å²) in [6, 6.07) is 17.9. The second-order valence-corrected chi connectivity index (χ2v) is 5.88. The predicted octanol–water partition coefficient (Wildman–Crippen LogP) is 4.43. The molecule has 2 heterocycles. The van der Waals surface area contributed by atoms with Gasteiger partial charge in [-0.2, -0.15) is 0 Å². The molecule has 0 fully saturated rings. The first-order valence-corrected chi connectivity index (χ1v) is 8.23. The Balaban J connectivity index is 1.79. The Morgan fingerprint density at radius 3 is 2.54 bits per heavy atom. The van der Waals surface area contributed by atoms with Gasteiger partial charge in [-0.15, -0.1) is 0 Å². The molecule has 0 bridgehead atoms. The maximum absolute atomic E-state index is 13.2. The van der Waals surface area contributed by atoms with E-state index in [0.29, 0.717) is 6.42 Å². The molecule has 4 rings (SSSR count). The van der Waals surface area contributed by atoms with Gasteiger partial charge in [0.2, 0.25) is 0 Å². The predicted molar refractivity (Wildman–Crippen MR) is 98.5 cm³/mol. The zero-order valence-electron chi connectivity index (χ0n) is 14.2. The Bertz CT molecular complexity index is 1060. The maximum Gasteiger partial charge on any atom is 0.123 e. The van der Waals surface area contributed by atoms with Gasteiger partial charge in [-0.3, -0.25) is 0 Å². The summed E-state index contributed by atoms with van der Waals surface area (Å²) in [5.74, 6) is 0.545. The molecule has 0 spiro atoms. The van der Waals surface area contributed by atoms with Crippen molar-refractivity contribution in [3.05, 3.63) is 84.1 Å². The molecule has 0 amide bonds. The monoisotopic (exact) mass is 345 g/mol. The average molecular weight is 345 g/mol. The number of nitrogens with zero attached hydrogens (tertiary/aromatic N) is 3. The fourth-order valence-corrected chi connectivity index (χ4v) is 2.93. The Hall–Kier alpha value is -3.34. The van der Waals surface area contributed by atoms with Crippen molar-refractivity contribution in [1.29, 1.82) is 0 Å². The number of halogens is 1. The normalized spacial score (nSPS) is 10.8. The van der Waals surface area contributed by atoms with E-state index in [9.17, 15) is 4.39 Å². The summed E-state index contributed by atoms with van der Waals surface area (Å²) >= 11 is 0. The largest absolute Gasteiger partial charge is 0.496 e. The van der Waals surface area contributed by atoms with E-state index in [1.807, 2.05) is 36.4 Å².